The van der Waals surface area contributed by atoms with Gasteiger partial charge in [-0.3, -0.25) is 4.79 Å². The minimum Gasteiger partial charge on any atom is -0.488 e. The number of aryl methyl sites for hydroxylation is 1. The zero-order chi connectivity index (χ0) is 18.5. The molecular formula is C19H18ClN3O3. The highest BCUT2D eigenvalue weighted by atomic mass is 35.5. The Labute approximate surface area is 156 Å². The van der Waals surface area contributed by atoms with E-state index in [1.54, 1.807) is 44.2 Å². The second-order valence-electron chi connectivity index (χ2n) is 5.79. The molecule has 0 bridgehead atoms. The number of ether oxygens (including phenoxy) is 1. The number of amides is 1. The van der Waals surface area contributed by atoms with Gasteiger partial charge in [-0.25, -0.2) is 0 Å². The van der Waals surface area contributed by atoms with Crippen LogP contribution in [0.1, 0.15) is 40.6 Å². The molecular weight excluding hydrogens is 354 g/mol. The molecule has 1 unspecified atom stereocenters. The number of rotatable bonds is 6. The Bertz CT molecular complexity index is 893. The van der Waals surface area contributed by atoms with E-state index in [1.807, 2.05) is 18.2 Å². The molecule has 0 aliphatic heterocycles. The van der Waals surface area contributed by atoms with Crippen LogP contribution in [0.5, 0.6) is 5.75 Å². The van der Waals surface area contributed by atoms with E-state index in [1.165, 1.54) is 0 Å². The van der Waals surface area contributed by atoms with Crippen LogP contribution >= 0.6 is 11.6 Å². The second kappa shape index (κ2) is 8.01. The van der Waals surface area contributed by atoms with Crippen LogP contribution in [0.25, 0.3) is 0 Å². The molecule has 134 valence electrons. The number of nitrogens with one attached hydrogen (secondary N) is 1. The highest BCUT2D eigenvalue weighted by Gasteiger charge is 2.19. The Balaban J connectivity index is 1.69. The van der Waals surface area contributed by atoms with Gasteiger partial charge in [-0.15, -0.1) is 0 Å². The van der Waals surface area contributed by atoms with Crippen LogP contribution in [0.2, 0.25) is 5.02 Å². The van der Waals surface area contributed by atoms with E-state index in [2.05, 4.69) is 15.5 Å². The molecule has 1 aromatic heterocycles. The van der Waals surface area contributed by atoms with Crippen LogP contribution in [-0.4, -0.2) is 16.0 Å². The monoisotopic (exact) mass is 371 g/mol. The average Bonchev–Trinajstić information content (AvgIpc) is 3.08. The number of aromatic nitrogens is 2. The van der Waals surface area contributed by atoms with Crippen molar-refractivity contribution in [1.29, 1.82) is 0 Å². The van der Waals surface area contributed by atoms with Crippen LogP contribution < -0.4 is 10.1 Å². The molecule has 1 atom stereocenters. The summed E-state index contributed by atoms with van der Waals surface area (Å²) in [7, 11) is 0. The number of carbonyl (C=O) groups excluding carboxylic acids is 1. The highest BCUT2D eigenvalue weighted by molar-refractivity contribution is 6.30. The third-order valence-corrected chi connectivity index (χ3v) is 3.95. The van der Waals surface area contributed by atoms with Gasteiger partial charge < -0.3 is 14.6 Å². The molecule has 0 aliphatic carbocycles. The standard InChI is InChI=1S/C19H18ClN3O3/c1-12(19-22-13(2)23-26-19)21-18(24)16-5-3-4-6-17(16)25-11-14-7-9-15(20)10-8-14/h3-10,12H,11H2,1-2H3,(H,21,24). The van der Waals surface area contributed by atoms with Crippen LogP contribution in [0.3, 0.4) is 0 Å². The quantitative estimate of drug-likeness (QED) is 0.705. The van der Waals surface area contributed by atoms with E-state index in [-0.39, 0.29) is 5.91 Å². The number of carbonyl (C=O) groups is 1. The van der Waals surface area contributed by atoms with Gasteiger partial charge in [-0.2, -0.15) is 4.98 Å². The van der Waals surface area contributed by atoms with E-state index in [4.69, 9.17) is 20.9 Å². The summed E-state index contributed by atoms with van der Waals surface area (Å²) < 4.78 is 10.9. The zero-order valence-corrected chi connectivity index (χ0v) is 15.2. The average molecular weight is 372 g/mol. The number of hydrogen-bond acceptors (Lipinski definition) is 5. The van der Waals surface area contributed by atoms with Crippen molar-refractivity contribution in [2.24, 2.45) is 0 Å². The van der Waals surface area contributed by atoms with Crippen molar-refractivity contribution in [2.45, 2.75) is 26.5 Å². The molecule has 6 nitrogen and oxygen atoms in total. The molecule has 0 aliphatic rings. The maximum absolute atomic E-state index is 12.6. The van der Waals surface area contributed by atoms with Crippen LogP contribution in [0.4, 0.5) is 0 Å². The Kier molecular flexibility index (Phi) is 5.53. The predicted octanol–water partition coefficient (Wildman–Crippen LogP) is 4.10. The lowest BCUT2D eigenvalue weighted by atomic mass is 10.1. The first kappa shape index (κ1) is 17.9. The summed E-state index contributed by atoms with van der Waals surface area (Å²) in [6, 6.07) is 14.0. The van der Waals surface area contributed by atoms with E-state index >= 15 is 0 Å². The molecule has 0 saturated heterocycles. The van der Waals surface area contributed by atoms with Crippen molar-refractivity contribution in [2.75, 3.05) is 0 Å². The van der Waals surface area contributed by atoms with Crippen molar-refractivity contribution in [1.82, 2.24) is 15.5 Å². The SMILES string of the molecule is Cc1noc(C(C)NC(=O)c2ccccc2OCc2ccc(Cl)cc2)n1. The molecule has 2 aromatic carbocycles. The summed E-state index contributed by atoms with van der Waals surface area (Å²) in [5, 5.41) is 7.24. The van der Waals surface area contributed by atoms with Crippen LogP contribution in [-0.2, 0) is 6.61 Å². The van der Waals surface area contributed by atoms with Gasteiger partial charge in [-0.1, -0.05) is 41.0 Å². The lowest BCUT2D eigenvalue weighted by Crippen LogP contribution is -2.27. The highest BCUT2D eigenvalue weighted by Crippen LogP contribution is 2.21. The first-order chi connectivity index (χ1) is 12.5. The van der Waals surface area contributed by atoms with Crippen LogP contribution in [0.15, 0.2) is 53.1 Å². The molecule has 3 aromatic rings. The Morgan fingerprint density at radius 2 is 1.96 bits per heavy atom. The van der Waals surface area contributed by atoms with E-state index in [0.717, 1.165) is 5.56 Å². The van der Waals surface area contributed by atoms with Gasteiger partial charge in [0.15, 0.2) is 5.82 Å². The summed E-state index contributed by atoms with van der Waals surface area (Å²) in [4.78, 5) is 16.7. The van der Waals surface area contributed by atoms with Gasteiger partial charge in [0, 0.05) is 5.02 Å². The zero-order valence-electron chi connectivity index (χ0n) is 14.4. The Hall–Kier alpha value is -2.86. The molecule has 0 radical (unpaired) electrons. The lowest BCUT2D eigenvalue weighted by molar-refractivity contribution is 0.0928. The molecule has 1 amide bonds. The number of para-hydroxylation sites is 1. The molecule has 1 N–H and O–H groups in total. The van der Waals surface area contributed by atoms with Gasteiger partial charge >= 0.3 is 0 Å². The number of benzene rings is 2. The molecule has 3 rings (SSSR count). The van der Waals surface area contributed by atoms with Gasteiger partial charge in [0.1, 0.15) is 18.4 Å². The molecule has 0 fully saturated rings. The van der Waals surface area contributed by atoms with Gasteiger partial charge in [0.25, 0.3) is 5.91 Å². The second-order valence-corrected chi connectivity index (χ2v) is 6.22. The first-order valence-electron chi connectivity index (χ1n) is 8.10. The Morgan fingerprint density at radius 1 is 1.23 bits per heavy atom. The first-order valence-corrected chi connectivity index (χ1v) is 8.48. The maximum atomic E-state index is 12.6. The fraction of sp³-hybridized carbons (Fsp3) is 0.211. The Morgan fingerprint density at radius 3 is 2.65 bits per heavy atom. The molecule has 1 heterocycles. The van der Waals surface area contributed by atoms with E-state index in [9.17, 15) is 4.79 Å². The van der Waals surface area contributed by atoms with Crippen molar-refractivity contribution in [3.05, 3.63) is 76.4 Å². The third-order valence-electron chi connectivity index (χ3n) is 3.70. The fourth-order valence-corrected chi connectivity index (χ4v) is 2.47. The lowest BCUT2D eigenvalue weighted by Gasteiger charge is -2.14. The molecule has 0 spiro atoms. The summed E-state index contributed by atoms with van der Waals surface area (Å²) in [5.74, 6) is 1.09. The van der Waals surface area contributed by atoms with E-state index < -0.39 is 6.04 Å². The number of hydrogen-bond donors (Lipinski definition) is 1. The van der Waals surface area contributed by atoms with Crippen molar-refractivity contribution in [3.63, 3.8) is 0 Å². The molecule has 0 saturated carbocycles. The van der Waals surface area contributed by atoms with E-state index in [0.29, 0.717) is 34.7 Å². The van der Waals surface area contributed by atoms with Crippen LogP contribution in [0, 0.1) is 6.92 Å². The number of nitrogens with zero attached hydrogens (tertiary/aromatic N) is 2. The summed E-state index contributed by atoms with van der Waals surface area (Å²) >= 11 is 5.89. The topological polar surface area (TPSA) is 77.2 Å². The largest absolute Gasteiger partial charge is 0.488 e. The fourth-order valence-electron chi connectivity index (χ4n) is 2.35. The third kappa shape index (κ3) is 4.40. The maximum Gasteiger partial charge on any atom is 0.255 e. The predicted molar refractivity (Wildman–Crippen MR) is 97.1 cm³/mol. The normalized spacial score (nSPS) is 11.8. The molecule has 26 heavy (non-hydrogen) atoms. The van der Waals surface area contributed by atoms with Crippen molar-refractivity contribution in [3.8, 4) is 5.75 Å². The summed E-state index contributed by atoms with van der Waals surface area (Å²) in [5.41, 5.74) is 1.39. The minimum atomic E-state index is -0.409. The van der Waals surface area contributed by atoms with Crippen molar-refractivity contribution >= 4 is 17.5 Å². The van der Waals surface area contributed by atoms with Gasteiger partial charge in [0.2, 0.25) is 5.89 Å². The van der Waals surface area contributed by atoms with Gasteiger partial charge in [0.05, 0.1) is 5.56 Å². The summed E-state index contributed by atoms with van der Waals surface area (Å²) in [6.07, 6.45) is 0. The molecule has 7 heteroatoms. The minimum absolute atomic E-state index is 0.278. The summed E-state index contributed by atoms with van der Waals surface area (Å²) in [6.45, 7) is 3.84. The number of halogens is 1. The van der Waals surface area contributed by atoms with Gasteiger partial charge in [-0.05, 0) is 43.7 Å². The smallest absolute Gasteiger partial charge is 0.255 e. The van der Waals surface area contributed by atoms with Crippen molar-refractivity contribution < 1.29 is 14.1 Å².